The Labute approximate surface area is 163 Å². The summed E-state index contributed by atoms with van der Waals surface area (Å²) in [4.78, 5) is 15.8. The summed E-state index contributed by atoms with van der Waals surface area (Å²) in [5.41, 5.74) is 2.51. The van der Waals surface area contributed by atoms with Crippen LogP contribution >= 0.6 is 0 Å². The molecule has 1 aromatic carbocycles. The largest absolute Gasteiger partial charge is 0.391 e. The molecule has 0 unspecified atom stereocenters. The molecule has 3 rings (SSSR count). The lowest BCUT2D eigenvalue weighted by Crippen LogP contribution is -2.28. The molecule has 5 nitrogen and oxygen atoms in total. The van der Waals surface area contributed by atoms with Gasteiger partial charge in [0.2, 0.25) is 5.91 Å². The van der Waals surface area contributed by atoms with E-state index in [1.807, 2.05) is 0 Å². The Kier molecular flexibility index (Phi) is 7.27. The van der Waals surface area contributed by atoms with E-state index in [1.54, 1.807) is 19.0 Å². The third-order valence-corrected chi connectivity index (χ3v) is 5.96. The van der Waals surface area contributed by atoms with E-state index in [2.05, 4.69) is 29.2 Å². The number of aliphatic hydroxyl groups is 1. The van der Waals surface area contributed by atoms with E-state index in [0.717, 1.165) is 13.1 Å². The highest BCUT2D eigenvalue weighted by atomic mass is 16.5. The quantitative estimate of drug-likeness (QED) is 0.797. The Morgan fingerprint density at radius 2 is 1.85 bits per heavy atom. The molecule has 0 aromatic heterocycles. The van der Waals surface area contributed by atoms with Crippen LogP contribution in [0.25, 0.3) is 0 Å². The first-order valence-electron chi connectivity index (χ1n) is 10.3. The van der Waals surface area contributed by atoms with Crippen LogP contribution in [0, 0.1) is 5.92 Å². The number of carbonyl (C=O) groups excluding carboxylic acids is 1. The van der Waals surface area contributed by atoms with Crippen molar-refractivity contribution in [2.24, 2.45) is 5.92 Å². The van der Waals surface area contributed by atoms with Gasteiger partial charge in [0.1, 0.15) is 0 Å². The Bertz CT molecular complexity index is 613. The van der Waals surface area contributed by atoms with Crippen molar-refractivity contribution in [3.05, 3.63) is 35.4 Å². The number of β-amino-alcohol motifs (C(OH)–C–C–N with tert-alkyl or cyclic N) is 1. The molecular weight excluding hydrogens is 340 g/mol. The van der Waals surface area contributed by atoms with Gasteiger partial charge in [0, 0.05) is 46.1 Å². The van der Waals surface area contributed by atoms with Gasteiger partial charge in [0.15, 0.2) is 0 Å². The molecule has 2 fully saturated rings. The average Bonchev–Trinajstić information content (AvgIpc) is 3.00. The van der Waals surface area contributed by atoms with Gasteiger partial charge in [0.05, 0.1) is 18.8 Å². The van der Waals surface area contributed by atoms with Crippen LogP contribution in [0.3, 0.4) is 0 Å². The van der Waals surface area contributed by atoms with Gasteiger partial charge in [-0.3, -0.25) is 9.69 Å². The van der Waals surface area contributed by atoms with E-state index in [1.165, 1.54) is 43.2 Å². The predicted molar refractivity (Wildman–Crippen MR) is 106 cm³/mol. The highest BCUT2D eigenvalue weighted by Gasteiger charge is 2.33. The van der Waals surface area contributed by atoms with Crippen molar-refractivity contribution in [1.29, 1.82) is 0 Å². The van der Waals surface area contributed by atoms with Crippen LogP contribution in [0.2, 0.25) is 0 Å². The molecule has 0 radical (unpaired) electrons. The minimum absolute atomic E-state index is 0.0190. The summed E-state index contributed by atoms with van der Waals surface area (Å²) < 4.78 is 6.18. The number of amides is 1. The molecule has 1 aliphatic heterocycles. The highest BCUT2D eigenvalue weighted by molar-refractivity contribution is 5.75. The number of aliphatic hydroxyl groups excluding tert-OH is 1. The minimum Gasteiger partial charge on any atom is -0.391 e. The highest BCUT2D eigenvalue weighted by Crippen LogP contribution is 2.25. The molecule has 1 saturated heterocycles. The Morgan fingerprint density at radius 3 is 2.56 bits per heavy atom. The van der Waals surface area contributed by atoms with Crippen LogP contribution in [-0.4, -0.2) is 60.2 Å². The molecule has 2 atom stereocenters. The summed E-state index contributed by atoms with van der Waals surface area (Å²) >= 11 is 0. The summed E-state index contributed by atoms with van der Waals surface area (Å²) in [6, 6.07) is 8.45. The first-order chi connectivity index (χ1) is 13.0. The lowest BCUT2D eigenvalue weighted by molar-refractivity contribution is -0.130. The van der Waals surface area contributed by atoms with Gasteiger partial charge in [-0.15, -0.1) is 0 Å². The first kappa shape index (κ1) is 20.3. The first-order valence-corrected chi connectivity index (χ1v) is 10.3. The van der Waals surface area contributed by atoms with E-state index < -0.39 is 6.10 Å². The zero-order chi connectivity index (χ0) is 19.2. The Hall–Kier alpha value is -1.43. The second kappa shape index (κ2) is 9.67. The molecule has 1 amide bonds. The second-order valence-corrected chi connectivity index (χ2v) is 8.35. The van der Waals surface area contributed by atoms with E-state index in [0.29, 0.717) is 25.7 Å². The molecule has 1 saturated carbocycles. The van der Waals surface area contributed by atoms with Crippen molar-refractivity contribution in [2.45, 2.75) is 63.9 Å². The van der Waals surface area contributed by atoms with Crippen molar-refractivity contribution in [1.82, 2.24) is 9.80 Å². The number of rotatable bonds is 7. The van der Waals surface area contributed by atoms with E-state index in [4.69, 9.17) is 4.74 Å². The van der Waals surface area contributed by atoms with E-state index >= 15 is 0 Å². The SMILES string of the molecule is CN(C)C(=O)C[C@@H]1CN(Cc2ccccc2COC2CCCCC2)C[C@H]1O. The number of nitrogens with zero attached hydrogens (tertiary/aromatic N) is 2. The Balaban J connectivity index is 1.55. The smallest absolute Gasteiger partial charge is 0.222 e. The number of likely N-dealkylation sites (tertiary alicyclic amines) is 1. The summed E-state index contributed by atoms with van der Waals surface area (Å²) in [6.07, 6.45) is 6.66. The maximum Gasteiger partial charge on any atom is 0.222 e. The van der Waals surface area contributed by atoms with Crippen LogP contribution in [-0.2, 0) is 22.7 Å². The van der Waals surface area contributed by atoms with Gasteiger partial charge in [-0.1, -0.05) is 43.5 Å². The summed E-state index contributed by atoms with van der Waals surface area (Å²) in [6.45, 7) is 2.86. The number of hydrogen-bond acceptors (Lipinski definition) is 4. The monoisotopic (exact) mass is 374 g/mol. The van der Waals surface area contributed by atoms with Crippen molar-refractivity contribution in [3.63, 3.8) is 0 Å². The maximum atomic E-state index is 12.0. The fraction of sp³-hybridized carbons (Fsp3) is 0.682. The molecule has 1 N–H and O–H groups in total. The summed E-state index contributed by atoms with van der Waals surface area (Å²) in [7, 11) is 3.54. The van der Waals surface area contributed by atoms with Gasteiger partial charge in [0.25, 0.3) is 0 Å². The molecule has 5 heteroatoms. The van der Waals surface area contributed by atoms with Crippen LogP contribution in [0.15, 0.2) is 24.3 Å². The topological polar surface area (TPSA) is 53.0 Å². The van der Waals surface area contributed by atoms with E-state index in [-0.39, 0.29) is 11.8 Å². The van der Waals surface area contributed by atoms with Crippen LogP contribution in [0.5, 0.6) is 0 Å². The van der Waals surface area contributed by atoms with Crippen molar-refractivity contribution >= 4 is 5.91 Å². The zero-order valence-electron chi connectivity index (χ0n) is 16.8. The van der Waals surface area contributed by atoms with Crippen LogP contribution < -0.4 is 0 Å². The maximum absolute atomic E-state index is 12.0. The molecule has 150 valence electrons. The standard InChI is InChI=1S/C22H34N2O3/c1-23(2)22(26)12-19-14-24(15-21(19)25)13-17-8-6-7-9-18(17)16-27-20-10-4-3-5-11-20/h6-9,19-21,25H,3-5,10-16H2,1-2H3/t19-,21-/m1/s1. The molecule has 1 aliphatic carbocycles. The third-order valence-electron chi connectivity index (χ3n) is 5.96. The molecule has 2 aliphatic rings. The van der Waals surface area contributed by atoms with E-state index in [9.17, 15) is 9.90 Å². The summed E-state index contributed by atoms with van der Waals surface area (Å²) in [5.74, 6) is 0.104. The normalized spacial score (nSPS) is 24.3. The lowest BCUT2D eigenvalue weighted by atomic mass is 9.98. The fourth-order valence-electron chi connectivity index (χ4n) is 4.21. The zero-order valence-corrected chi connectivity index (χ0v) is 16.8. The second-order valence-electron chi connectivity index (χ2n) is 8.35. The van der Waals surface area contributed by atoms with Crippen molar-refractivity contribution < 1.29 is 14.6 Å². The van der Waals surface area contributed by atoms with Gasteiger partial charge in [-0.25, -0.2) is 0 Å². The molecule has 0 bridgehead atoms. The predicted octanol–water partition coefficient (Wildman–Crippen LogP) is 2.81. The van der Waals surface area contributed by atoms with Crippen LogP contribution in [0.4, 0.5) is 0 Å². The minimum atomic E-state index is -0.431. The number of ether oxygens (including phenoxy) is 1. The molecule has 1 aromatic rings. The number of hydrogen-bond donors (Lipinski definition) is 1. The van der Waals surface area contributed by atoms with Gasteiger partial charge >= 0.3 is 0 Å². The Morgan fingerprint density at radius 1 is 1.15 bits per heavy atom. The molecule has 1 heterocycles. The van der Waals surface area contributed by atoms with Gasteiger partial charge < -0.3 is 14.7 Å². The summed E-state index contributed by atoms with van der Waals surface area (Å²) in [5, 5.41) is 10.4. The van der Waals surface area contributed by atoms with Gasteiger partial charge in [-0.2, -0.15) is 0 Å². The van der Waals surface area contributed by atoms with Crippen molar-refractivity contribution in [2.75, 3.05) is 27.2 Å². The molecular formula is C22H34N2O3. The number of carbonyl (C=O) groups is 1. The average molecular weight is 375 g/mol. The van der Waals surface area contributed by atoms with Crippen molar-refractivity contribution in [3.8, 4) is 0 Å². The molecule has 0 spiro atoms. The molecule has 27 heavy (non-hydrogen) atoms. The number of benzene rings is 1. The lowest BCUT2D eigenvalue weighted by Gasteiger charge is -2.23. The third kappa shape index (κ3) is 5.77. The van der Waals surface area contributed by atoms with Crippen LogP contribution in [0.1, 0.15) is 49.7 Å². The fourth-order valence-corrected chi connectivity index (χ4v) is 4.21. The van der Waals surface area contributed by atoms with Gasteiger partial charge in [-0.05, 0) is 24.0 Å².